The van der Waals surface area contributed by atoms with Gasteiger partial charge in [-0.15, -0.1) is 23.6 Å². The third-order valence-corrected chi connectivity index (χ3v) is 13.8. The molecule has 0 saturated heterocycles. The molecule has 1 radical (unpaired) electrons. The van der Waals surface area contributed by atoms with Crippen molar-refractivity contribution in [3.8, 4) is 16.8 Å². The van der Waals surface area contributed by atoms with Gasteiger partial charge in [0.25, 0.3) is 0 Å². The van der Waals surface area contributed by atoms with Crippen molar-refractivity contribution in [1.82, 2.24) is 8.90 Å². The smallest absolute Gasteiger partial charge is 0.152 e. The third kappa shape index (κ3) is 4.73. The number of fused-ring (bicyclic) bond motifs is 9. The fourth-order valence-corrected chi connectivity index (χ4v) is 11.8. The van der Waals surface area contributed by atoms with Gasteiger partial charge in [0.2, 0.25) is 0 Å². The van der Waals surface area contributed by atoms with E-state index in [-0.39, 0.29) is 22.4 Å². The van der Waals surface area contributed by atoms with Crippen molar-refractivity contribution in [3.63, 3.8) is 0 Å². The van der Waals surface area contributed by atoms with Crippen LogP contribution in [-0.4, -0.2) is 8.90 Å². The molecule has 0 aliphatic carbocycles. The summed E-state index contributed by atoms with van der Waals surface area (Å²) in [6, 6.07) is 65.2. The standard InChI is InChI=1S/C46H26N2OPS.Ag/c1-4-14-30(15-5-1)31-24-25-43-37(26-31)42(29-49-43)47-39-22-12-10-20-34(39)36-28-44-38(27-41(36)47)45-46(51-44)35-21-11-13-23-40(35)48(45)50(32-16-6-2-7-17-32)33-18-8-3-9-19-33;/h1-14,16-25,28-29H;/q-3;/p+1. The van der Waals surface area contributed by atoms with Gasteiger partial charge in [-0.2, -0.15) is 53.3 Å². The van der Waals surface area contributed by atoms with E-state index in [2.05, 4.69) is 154 Å². The zero-order valence-corrected chi connectivity index (χ0v) is 30.8. The summed E-state index contributed by atoms with van der Waals surface area (Å²) in [5.41, 5.74) is 8.40. The number of furan rings is 1. The van der Waals surface area contributed by atoms with Crippen LogP contribution >= 0.6 is 19.4 Å². The Morgan fingerprint density at radius 2 is 1.29 bits per heavy atom. The first-order valence-electron chi connectivity index (χ1n) is 17.0. The SMILES string of the molecule is [Ag].[c-]1ccccc1-c1[c-]c2c(-n3c4[c-]c5c(cc4c4ccccc43)sc3c4ccccc4n([PH+](c4ccccc4)c4ccccc4)c53)coc2cc1. The van der Waals surface area contributed by atoms with Crippen LogP contribution in [-0.2, 0) is 22.4 Å². The summed E-state index contributed by atoms with van der Waals surface area (Å²) < 4.78 is 13.7. The molecule has 0 aliphatic rings. The van der Waals surface area contributed by atoms with E-state index in [0.717, 1.165) is 44.2 Å². The molecule has 7 aromatic carbocycles. The Kier molecular flexibility index (Phi) is 7.58. The number of nitrogens with zero attached hydrogens (tertiary/aromatic N) is 2. The molecule has 0 unspecified atom stereocenters. The molecule has 0 N–H and O–H groups in total. The maximum Gasteiger partial charge on any atom is 0.152 e. The van der Waals surface area contributed by atoms with Gasteiger partial charge in [0.1, 0.15) is 10.6 Å². The normalized spacial score (nSPS) is 11.9. The molecule has 251 valence electrons. The van der Waals surface area contributed by atoms with E-state index in [4.69, 9.17) is 4.42 Å². The van der Waals surface area contributed by atoms with Crippen molar-refractivity contribution in [1.29, 1.82) is 0 Å². The third-order valence-electron chi connectivity index (χ3n) is 9.98. The predicted octanol–water partition coefficient (Wildman–Crippen LogP) is 11.5. The maximum atomic E-state index is 6.22. The second kappa shape index (κ2) is 12.5. The number of thiophene rings is 1. The first-order chi connectivity index (χ1) is 25.3. The zero-order valence-electron chi connectivity index (χ0n) is 27.5. The van der Waals surface area contributed by atoms with Crippen LogP contribution in [0.2, 0.25) is 0 Å². The molecule has 0 spiro atoms. The van der Waals surface area contributed by atoms with Gasteiger partial charge < -0.3 is 8.98 Å². The molecule has 3 nitrogen and oxygen atoms in total. The summed E-state index contributed by atoms with van der Waals surface area (Å²) in [4.78, 5) is 0. The van der Waals surface area contributed by atoms with Crippen LogP contribution in [0, 0.1) is 18.2 Å². The summed E-state index contributed by atoms with van der Waals surface area (Å²) in [6.07, 6.45) is 1.87. The largest absolute Gasteiger partial charge is 0.506 e. The second-order valence-corrected chi connectivity index (χ2v) is 16.2. The summed E-state index contributed by atoms with van der Waals surface area (Å²) in [6.45, 7) is 0. The molecule has 0 fully saturated rings. The van der Waals surface area contributed by atoms with Crippen molar-refractivity contribution in [2.45, 2.75) is 0 Å². The van der Waals surface area contributed by atoms with Crippen molar-refractivity contribution in [3.05, 3.63) is 176 Å². The Balaban J connectivity index is 0.00000338. The van der Waals surface area contributed by atoms with E-state index in [1.54, 1.807) is 0 Å². The van der Waals surface area contributed by atoms with Crippen LogP contribution in [0.4, 0.5) is 0 Å². The van der Waals surface area contributed by atoms with Crippen LogP contribution in [0.25, 0.3) is 80.8 Å². The molecule has 0 bridgehead atoms. The second-order valence-electron chi connectivity index (χ2n) is 12.8. The van der Waals surface area contributed by atoms with E-state index in [9.17, 15) is 0 Å². The molecule has 4 heterocycles. The molecule has 0 saturated carbocycles. The number of benzene rings is 7. The Hall–Kier alpha value is -5.19. The van der Waals surface area contributed by atoms with E-state index in [1.807, 2.05) is 41.9 Å². The van der Waals surface area contributed by atoms with E-state index >= 15 is 0 Å². The van der Waals surface area contributed by atoms with Crippen LogP contribution in [0.5, 0.6) is 0 Å². The van der Waals surface area contributed by atoms with Gasteiger partial charge in [-0.1, -0.05) is 94.3 Å². The minimum atomic E-state index is -1.46. The van der Waals surface area contributed by atoms with Gasteiger partial charge in [0.15, 0.2) is 8.07 Å². The van der Waals surface area contributed by atoms with Gasteiger partial charge in [0.05, 0.1) is 17.4 Å². The van der Waals surface area contributed by atoms with Gasteiger partial charge in [-0.3, -0.25) is 0 Å². The summed E-state index contributed by atoms with van der Waals surface area (Å²) in [7, 11) is -1.46. The summed E-state index contributed by atoms with van der Waals surface area (Å²) >= 11 is 1.88. The summed E-state index contributed by atoms with van der Waals surface area (Å²) in [5.74, 6) is 0. The Bertz CT molecular complexity index is 3050. The van der Waals surface area contributed by atoms with E-state index in [0.29, 0.717) is 0 Å². The number of hydrogen-bond donors (Lipinski definition) is 0. The Morgan fingerprint density at radius 1 is 0.596 bits per heavy atom. The molecule has 11 rings (SSSR count). The molecule has 52 heavy (non-hydrogen) atoms. The number of rotatable bonds is 5. The monoisotopic (exact) mass is 793 g/mol. The Labute approximate surface area is 320 Å². The van der Waals surface area contributed by atoms with Crippen molar-refractivity contribution in [2.75, 3.05) is 0 Å². The Morgan fingerprint density at radius 3 is 2.04 bits per heavy atom. The van der Waals surface area contributed by atoms with Gasteiger partial charge in [-0.25, -0.2) is 9.90 Å². The van der Waals surface area contributed by atoms with Crippen LogP contribution in [0.3, 0.4) is 0 Å². The van der Waals surface area contributed by atoms with E-state index < -0.39 is 8.07 Å². The molecule has 0 amide bonds. The molecule has 4 aromatic heterocycles. The van der Waals surface area contributed by atoms with Crippen LogP contribution in [0.15, 0.2) is 162 Å². The molecule has 6 heteroatoms. The molecular formula is C46H27AgN2OPS-2. The van der Waals surface area contributed by atoms with E-state index in [1.165, 1.54) is 47.2 Å². The average molecular weight is 795 g/mol. The van der Waals surface area contributed by atoms with Crippen LogP contribution in [0.1, 0.15) is 0 Å². The summed E-state index contributed by atoms with van der Waals surface area (Å²) in [5, 5.41) is 8.43. The van der Waals surface area contributed by atoms with Crippen LogP contribution < -0.4 is 10.6 Å². The molecule has 0 aliphatic heterocycles. The first kappa shape index (κ1) is 31.5. The number of aromatic nitrogens is 2. The number of hydrogen-bond acceptors (Lipinski definition) is 2. The van der Waals surface area contributed by atoms with Crippen molar-refractivity contribution >= 4 is 94.0 Å². The minimum absolute atomic E-state index is 0. The molecule has 0 atom stereocenters. The maximum absolute atomic E-state index is 6.22. The quantitative estimate of drug-likeness (QED) is 0.0967. The molecule has 11 aromatic rings. The van der Waals surface area contributed by atoms with Gasteiger partial charge >= 0.3 is 0 Å². The zero-order chi connectivity index (χ0) is 33.5. The van der Waals surface area contributed by atoms with Crippen molar-refractivity contribution in [2.24, 2.45) is 0 Å². The van der Waals surface area contributed by atoms with Crippen molar-refractivity contribution < 1.29 is 26.8 Å². The fraction of sp³-hybridized carbons (Fsp3) is 0. The average Bonchev–Trinajstić information content (AvgIpc) is 3.94. The molecular weight excluding hydrogens is 767 g/mol. The van der Waals surface area contributed by atoms with Gasteiger partial charge in [0, 0.05) is 49.2 Å². The van der Waals surface area contributed by atoms with Gasteiger partial charge in [-0.05, 0) is 47.3 Å². The first-order valence-corrected chi connectivity index (χ1v) is 19.3. The fourth-order valence-electron chi connectivity index (χ4n) is 7.75. The number of para-hydroxylation sites is 2. The minimum Gasteiger partial charge on any atom is -0.506 e. The predicted molar refractivity (Wildman–Crippen MR) is 217 cm³/mol. The topological polar surface area (TPSA) is 23.0 Å².